The van der Waals surface area contributed by atoms with Gasteiger partial charge in [-0.15, -0.1) is 0 Å². The molecule has 8 nitrogen and oxygen atoms in total. The van der Waals surface area contributed by atoms with Crippen molar-refractivity contribution in [3.8, 4) is 0 Å². The Morgan fingerprint density at radius 2 is 1.81 bits per heavy atom. The fourth-order valence-corrected chi connectivity index (χ4v) is 4.05. The van der Waals surface area contributed by atoms with E-state index in [0.717, 1.165) is 0 Å². The molecular weight excluding hydrogens is 372 g/mol. The molecule has 27 heavy (non-hydrogen) atoms. The number of hydrogen-bond donors (Lipinski definition) is 1. The van der Waals surface area contributed by atoms with Gasteiger partial charge in [0, 0.05) is 19.1 Å². The van der Waals surface area contributed by atoms with Crippen molar-refractivity contribution in [1.82, 2.24) is 9.62 Å². The summed E-state index contributed by atoms with van der Waals surface area (Å²) in [4.78, 5) is 25.3. The van der Waals surface area contributed by atoms with Gasteiger partial charge in [0.05, 0.1) is 17.6 Å². The summed E-state index contributed by atoms with van der Waals surface area (Å²) in [5, 5.41) is 0. The van der Waals surface area contributed by atoms with Crippen LogP contribution in [0.1, 0.15) is 44.0 Å². The smallest absolute Gasteiger partial charge is 0.410 e. The average Bonchev–Trinajstić information content (AvgIpc) is 2.60. The third-order valence-electron chi connectivity index (χ3n) is 4.03. The van der Waals surface area contributed by atoms with Gasteiger partial charge in [-0.2, -0.15) is 0 Å². The third-order valence-corrected chi connectivity index (χ3v) is 5.55. The first-order chi connectivity index (χ1) is 12.5. The van der Waals surface area contributed by atoms with Crippen LogP contribution in [0.3, 0.4) is 0 Å². The molecule has 1 aliphatic rings. The molecule has 0 aliphatic carbocycles. The minimum absolute atomic E-state index is 0.0000260. The second-order valence-electron chi connectivity index (χ2n) is 7.38. The molecule has 1 amide bonds. The minimum Gasteiger partial charge on any atom is -0.465 e. The van der Waals surface area contributed by atoms with Crippen LogP contribution in [0.5, 0.6) is 0 Å². The van der Waals surface area contributed by atoms with Crippen LogP contribution < -0.4 is 4.72 Å². The van der Waals surface area contributed by atoms with Crippen LogP contribution in [-0.4, -0.2) is 57.2 Å². The van der Waals surface area contributed by atoms with Gasteiger partial charge in [-0.25, -0.2) is 22.7 Å². The molecule has 1 heterocycles. The molecule has 0 spiro atoms. The van der Waals surface area contributed by atoms with Crippen molar-refractivity contribution in [2.45, 2.75) is 50.2 Å². The van der Waals surface area contributed by atoms with Crippen molar-refractivity contribution < 1.29 is 27.5 Å². The number of likely N-dealkylation sites (tertiary alicyclic amines) is 1. The Labute approximate surface area is 159 Å². The van der Waals surface area contributed by atoms with E-state index >= 15 is 0 Å². The number of methoxy groups -OCH3 is 1. The quantitative estimate of drug-likeness (QED) is 0.780. The van der Waals surface area contributed by atoms with Gasteiger partial charge in [-0.3, -0.25) is 0 Å². The Morgan fingerprint density at radius 3 is 2.37 bits per heavy atom. The molecule has 1 N–H and O–H groups in total. The largest absolute Gasteiger partial charge is 0.465 e. The molecule has 1 aromatic rings. The van der Waals surface area contributed by atoms with Crippen molar-refractivity contribution in [3.05, 3.63) is 29.8 Å². The summed E-state index contributed by atoms with van der Waals surface area (Å²) in [6, 6.07) is 5.39. The molecule has 0 bridgehead atoms. The van der Waals surface area contributed by atoms with E-state index in [-0.39, 0.29) is 16.5 Å². The van der Waals surface area contributed by atoms with Crippen molar-refractivity contribution >= 4 is 22.1 Å². The van der Waals surface area contributed by atoms with E-state index in [1.165, 1.54) is 31.4 Å². The van der Waals surface area contributed by atoms with Gasteiger partial charge < -0.3 is 14.4 Å². The van der Waals surface area contributed by atoms with Gasteiger partial charge in [0.15, 0.2) is 0 Å². The summed E-state index contributed by atoms with van der Waals surface area (Å²) in [7, 11) is -2.55. The summed E-state index contributed by atoms with van der Waals surface area (Å²) in [5.41, 5.74) is -0.402. The Balaban J connectivity index is 1.98. The van der Waals surface area contributed by atoms with Crippen molar-refractivity contribution in [2.24, 2.45) is 0 Å². The van der Waals surface area contributed by atoms with E-state index in [2.05, 4.69) is 9.46 Å². The molecule has 0 aromatic heterocycles. The summed E-state index contributed by atoms with van der Waals surface area (Å²) in [5.74, 6) is -0.599. The molecule has 9 heteroatoms. The Morgan fingerprint density at radius 1 is 1.19 bits per heavy atom. The van der Waals surface area contributed by atoms with Gasteiger partial charge in [0.25, 0.3) is 0 Å². The normalized spacial score (nSPS) is 16.1. The number of sulfonamides is 1. The molecule has 2 rings (SSSR count). The number of ether oxygens (including phenoxy) is 2. The predicted molar refractivity (Wildman–Crippen MR) is 98.9 cm³/mol. The van der Waals surface area contributed by atoms with Crippen molar-refractivity contribution in [3.63, 3.8) is 0 Å². The molecule has 0 atom stereocenters. The van der Waals surface area contributed by atoms with Gasteiger partial charge >= 0.3 is 12.1 Å². The average molecular weight is 398 g/mol. The second-order valence-corrected chi connectivity index (χ2v) is 9.10. The third kappa shape index (κ3) is 5.93. The summed E-state index contributed by atoms with van der Waals surface area (Å²) in [6.07, 6.45) is 0.569. The summed E-state index contributed by atoms with van der Waals surface area (Å²) < 4.78 is 37.8. The second kappa shape index (κ2) is 8.26. The summed E-state index contributed by atoms with van der Waals surface area (Å²) >= 11 is 0. The number of nitrogens with one attached hydrogen (secondary N) is 1. The fourth-order valence-electron chi connectivity index (χ4n) is 2.70. The summed E-state index contributed by atoms with van der Waals surface area (Å²) in [6.45, 7) is 6.21. The van der Waals surface area contributed by atoms with E-state index < -0.39 is 27.7 Å². The molecule has 1 aliphatic heterocycles. The minimum atomic E-state index is -3.78. The number of rotatable bonds is 4. The lowest BCUT2D eigenvalue weighted by molar-refractivity contribution is 0.0203. The van der Waals surface area contributed by atoms with E-state index in [0.29, 0.717) is 25.9 Å². The standard InChI is InChI=1S/C18H26N2O6S/c1-18(2,3)26-17(22)20-10-8-14(9-11-20)19-27(23,24)15-7-5-6-13(12-15)16(21)25-4/h5-7,12,14,19H,8-11H2,1-4H3. The molecule has 0 saturated carbocycles. The van der Waals surface area contributed by atoms with Crippen LogP contribution in [0.25, 0.3) is 0 Å². The zero-order chi connectivity index (χ0) is 20.2. The number of hydrogen-bond acceptors (Lipinski definition) is 6. The zero-order valence-corrected chi connectivity index (χ0v) is 16.8. The first-order valence-electron chi connectivity index (χ1n) is 8.70. The number of carbonyl (C=O) groups is 2. The number of amides is 1. The maximum absolute atomic E-state index is 12.6. The van der Waals surface area contributed by atoms with E-state index in [9.17, 15) is 18.0 Å². The maximum Gasteiger partial charge on any atom is 0.410 e. The highest BCUT2D eigenvalue weighted by atomic mass is 32.2. The van der Waals surface area contributed by atoms with Crippen LogP contribution in [0.2, 0.25) is 0 Å². The predicted octanol–water partition coefficient (Wildman–Crippen LogP) is 2.15. The van der Waals surface area contributed by atoms with Crippen LogP contribution in [0.4, 0.5) is 4.79 Å². The van der Waals surface area contributed by atoms with Crippen LogP contribution >= 0.6 is 0 Å². The number of benzene rings is 1. The topological polar surface area (TPSA) is 102 Å². The molecule has 0 radical (unpaired) electrons. The van der Waals surface area contributed by atoms with Crippen LogP contribution in [0.15, 0.2) is 29.2 Å². The van der Waals surface area contributed by atoms with Gasteiger partial charge in [-0.1, -0.05) is 6.07 Å². The highest BCUT2D eigenvalue weighted by Crippen LogP contribution is 2.18. The van der Waals surface area contributed by atoms with Gasteiger partial charge in [-0.05, 0) is 51.8 Å². The number of piperidine rings is 1. The molecule has 1 fully saturated rings. The van der Waals surface area contributed by atoms with Gasteiger partial charge in [0.1, 0.15) is 5.60 Å². The van der Waals surface area contributed by atoms with E-state index in [1.807, 2.05) is 0 Å². The van der Waals surface area contributed by atoms with E-state index in [4.69, 9.17) is 4.74 Å². The van der Waals surface area contributed by atoms with Crippen molar-refractivity contribution in [2.75, 3.05) is 20.2 Å². The fraction of sp³-hybridized carbons (Fsp3) is 0.556. The first-order valence-corrected chi connectivity index (χ1v) is 10.2. The number of esters is 1. The van der Waals surface area contributed by atoms with Crippen molar-refractivity contribution in [1.29, 1.82) is 0 Å². The number of carbonyl (C=O) groups excluding carboxylic acids is 2. The monoisotopic (exact) mass is 398 g/mol. The first kappa shape index (κ1) is 21.2. The molecule has 0 unspecified atom stereocenters. The Kier molecular flexibility index (Phi) is 6.48. The van der Waals surface area contributed by atoms with E-state index in [1.54, 1.807) is 25.7 Å². The Hall–Kier alpha value is -2.13. The molecule has 1 aromatic carbocycles. The lowest BCUT2D eigenvalue weighted by atomic mass is 10.1. The molecular formula is C18H26N2O6S. The highest BCUT2D eigenvalue weighted by molar-refractivity contribution is 7.89. The number of nitrogens with zero attached hydrogens (tertiary/aromatic N) is 1. The maximum atomic E-state index is 12.6. The SMILES string of the molecule is COC(=O)c1cccc(S(=O)(=O)NC2CCN(C(=O)OC(C)(C)C)CC2)c1. The molecule has 1 saturated heterocycles. The zero-order valence-electron chi connectivity index (χ0n) is 16.0. The lowest BCUT2D eigenvalue weighted by Gasteiger charge is -2.33. The van der Waals surface area contributed by atoms with Crippen LogP contribution in [0, 0.1) is 0 Å². The van der Waals surface area contributed by atoms with Crippen LogP contribution in [-0.2, 0) is 19.5 Å². The molecule has 150 valence electrons. The lowest BCUT2D eigenvalue weighted by Crippen LogP contribution is -2.47. The Bertz CT molecular complexity index is 792. The van der Waals surface area contributed by atoms with Gasteiger partial charge in [0.2, 0.25) is 10.0 Å². The highest BCUT2D eigenvalue weighted by Gasteiger charge is 2.29.